The van der Waals surface area contributed by atoms with Gasteiger partial charge in [-0.15, -0.1) is 6.58 Å². The van der Waals surface area contributed by atoms with Crippen LogP contribution in [0.1, 0.15) is 5.56 Å². The highest BCUT2D eigenvalue weighted by atomic mass is 32.1. The van der Waals surface area contributed by atoms with Gasteiger partial charge in [0.2, 0.25) is 0 Å². The lowest BCUT2D eigenvalue weighted by Gasteiger charge is -2.27. The molecular formula is C14H10FN3O4S. The Labute approximate surface area is 135 Å². The minimum absolute atomic E-state index is 0.0561. The van der Waals surface area contributed by atoms with Crippen molar-refractivity contribution in [2.45, 2.75) is 0 Å². The second-order valence-corrected chi connectivity index (χ2v) is 4.87. The molecule has 1 fully saturated rings. The molecule has 1 aromatic rings. The third kappa shape index (κ3) is 3.29. The molecule has 118 valence electrons. The highest BCUT2D eigenvalue weighted by Gasteiger charge is 2.33. The number of carbonyl (C=O) groups is 2. The van der Waals surface area contributed by atoms with E-state index in [2.05, 4.69) is 11.9 Å². The van der Waals surface area contributed by atoms with Crippen molar-refractivity contribution >= 4 is 40.9 Å². The van der Waals surface area contributed by atoms with Gasteiger partial charge in [0.25, 0.3) is 17.5 Å². The maximum atomic E-state index is 13.3. The Kier molecular flexibility index (Phi) is 4.60. The molecule has 0 spiro atoms. The molecule has 23 heavy (non-hydrogen) atoms. The number of carbonyl (C=O) groups excluding carboxylic acids is 2. The van der Waals surface area contributed by atoms with E-state index in [0.29, 0.717) is 0 Å². The van der Waals surface area contributed by atoms with E-state index >= 15 is 0 Å². The number of amides is 2. The third-order valence-corrected chi connectivity index (χ3v) is 3.31. The Bertz CT molecular complexity index is 775. The second kappa shape index (κ2) is 6.44. The Morgan fingerprint density at radius 2 is 2.13 bits per heavy atom. The van der Waals surface area contributed by atoms with Crippen LogP contribution in [0.2, 0.25) is 0 Å². The number of hydrogen-bond acceptors (Lipinski definition) is 5. The van der Waals surface area contributed by atoms with Crippen LogP contribution in [-0.4, -0.2) is 33.3 Å². The van der Waals surface area contributed by atoms with Crippen LogP contribution in [-0.2, 0) is 9.59 Å². The van der Waals surface area contributed by atoms with Gasteiger partial charge in [-0.05, 0) is 30.4 Å². The van der Waals surface area contributed by atoms with Gasteiger partial charge < -0.3 is 0 Å². The molecule has 0 saturated carbocycles. The molecule has 0 atom stereocenters. The normalized spacial score (nSPS) is 16.5. The van der Waals surface area contributed by atoms with Crippen LogP contribution >= 0.6 is 12.2 Å². The molecule has 0 aliphatic carbocycles. The Morgan fingerprint density at radius 1 is 1.43 bits per heavy atom. The Hall–Kier alpha value is -2.94. The third-order valence-electron chi connectivity index (χ3n) is 2.98. The number of hydrogen-bond donors (Lipinski definition) is 1. The van der Waals surface area contributed by atoms with Gasteiger partial charge in [-0.3, -0.25) is 29.9 Å². The molecule has 1 N–H and O–H groups in total. The first-order chi connectivity index (χ1) is 10.8. The largest absolute Gasteiger partial charge is 0.298 e. The summed E-state index contributed by atoms with van der Waals surface area (Å²) >= 11 is 4.88. The monoisotopic (exact) mass is 335 g/mol. The zero-order valence-corrected chi connectivity index (χ0v) is 12.4. The molecule has 1 saturated heterocycles. The average Bonchev–Trinajstić information content (AvgIpc) is 2.47. The molecule has 0 bridgehead atoms. The summed E-state index contributed by atoms with van der Waals surface area (Å²) in [5.74, 6) is -2.28. The van der Waals surface area contributed by atoms with Crippen molar-refractivity contribution in [2.75, 3.05) is 6.54 Å². The van der Waals surface area contributed by atoms with E-state index in [-0.39, 0.29) is 22.8 Å². The van der Waals surface area contributed by atoms with Crippen LogP contribution in [0.3, 0.4) is 0 Å². The van der Waals surface area contributed by atoms with Crippen molar-refractivity contribution in [3.63, 3.8) is 0 Å². The van der Waals surface area contributed by atoms with Crippen molar-refractivity contribution < 1.29 is 18.9 Å². The predicted octanol–water partition coefficient (Wildman–Crippen LogP) is 1.55. The summed E-state index contributed by atoms with van der Waals surface area (Å²) in [6.45, 7) is 3.53. The summed E-state index contributed by atoms with van der Waals surface area (Å²) < 4.78 is 13.3. The summed E-state index contributed by atoms with van der Waals surface area (Å²) in [4.78, 5) is 35.6. The molecule has 2 amide bonds. The first-order valence-corrected chi connectivity index (χ1v) is 6.69. The minimum Gasteiger partial charge on any atom is -0.298 e. The molecule has 7 nitrogen and oxygen atoms in total. The zero-order chi connectivity index (χ0) is 17.1. The Balaban J connectivity index is 2.53. The van der Waals surface area contributed by atoms with Crippen LogP contribution in [0.25, 0.3) is 6.08 Å². The lowest BCUT2D eigenvalue weighted by atomic mass is 10.1. The van der Waals surface area contributed by atoms with Crippen molar-refractivity contribution in [1.29, 1.82) is 0 Å². The number of thiocarbonyl (C=S) groups is 1. The van der Waals surface area contributed by atoms with E-state index in [4.69, 9.17) is 12.2 Å². The standard InChI is InChI=1S/C14H10FN3O4S/c1-2-5-17-13(20)10(12(19)16-14(17)23)7-8-6-9(15)3-4-11(8)18(21)22/h2-4,6-7H,1,5H2,(H,16,19,23). The summed E-state index contributed by atoms with van der Waals surface area (Å²) in [6.07, 6.45) is 2.38. The van der Waals surface area contributed by atoms with Crippen LogP contribution in [0, 0.1) is 15.9 Å². The van der Waals surface area contributed by atoms with Crippen molar-refractivity contribution in [3.8, 4) is 0 Å². The van der Waals surface area contributed by atoms with Crippen molar-refractivity contribution in [2.24, 2.45) is 0 Å². The van der Waals surface area contributed by atoms with Gasteiger partial charge in [-0.1, -0.05) is 6.08 Å². The molecule has 1 aliphatic heterocycles. The van der Waals surface area contributed by atoms with Crippen molar-refractivity contribution in [1.82, 2.24) is 10.2 Å². The Morgan fingerprint density at radius 3 is 2.74 bits per heavy atom. The van der Waals surface area contributed by atoms with Crippen LogP contribution < -0.4 is 5.32 Å². The van der Waals surface area contributed by atoms with E-state index in [1.165, 1.54) is 6.08 Å². The maximum absolute atomic E-state index is 13.3. The highest BCUT2D eigenvalue weighted by Crippen LogP contribution is 2.24. The number of benzene rings is 1. The quantitative estimate of drug-likeness (QED) is 0.225. The second-order valence-electron chi connectivity index (χ2n) is 4.48. The first kappa shape index (κ1) is 16.4. The number of nitro benzene ring substituents is 1. The van der Waals surface area contributed by atoms with Crippen LogP contribution in [0.15, 0.2) is 36.4 Å². The fraction of sp³-hybridized carbons (Fsp3) is 0.0714. The zero-order valence-electron chi connectivity index (χ0n) is 11.6. The summed E-state index contributed by atoms with van der Waals surface area (Å²) in [5, 5.41) is 13.2. The molecule has 0 radical (unpaired) electrons. The molecule has 0 aromatic heterocycles. The van der Waals surface area contributed by atoms with E-state index in [9.17, 15) is 24.1 Å². The lowest BCUT2D eigenvalue weighted by molar-refractivity contribution is -0.385. The highest BCUT2D eigenvalue weighted by molar-refractivity contribution is 7.80. The number of nitrogens with one attached hydrogen (secondary N) is 1. The van der Waals surface area contributed by atoms with E-state index < -0.39 is 28.2 Å². The number of rotatable bonds is 4. The summed E-state index contributed by atoms with van der Waals surface area (Å²) in [6, 6.07) is 2.75. The SMILES string of the molecule is C=CCN1C(=O)C(=Cc2cc(F)ccc2[N+](=O)[O-])C(=O)NC1=S. The van der Waals surface area contributed by atoms with Crippen LogP contribution in [0.5, 0.6) is 0 Å². The predicted molar refractivity (Wildman–Crippen MR) is 83.7 cm³/mol. The molecular weight excluding hydrogens is 325 g/mol. The molecule has 0 unspecified atom stereocenters. The van der Waals surface area contributed by atoms with Crippen molar-refractivity contribution in [3.05, 3.63) is 57.9 Å². The summed E-state index contributed by atoms with van der Waals surface area (Å²) in [7, 11) is 0. The lowest BCUT2D eigenvalue weighted by Crippen LogP contribution is -2.53. The molecule has 1 aliphatic rings. The molecule has 9 heteroatoms. The topological polar surface area (TPSA) is 92.6 Å². The fourth-order valence-corrected chi connectivity index (χ4v) is 2.20. The smallest absolute Gasteiger partial charge is 0.276 e. The van der Waals surface area contributed by atoms with Crippen LogP contribution in [0.4, 0.5) is 10.1 Å². The van der Waals surface area contributed by atoms with Gasteiger partial charge in [0.05, 0.1) is 10.5 Å². The van der Waals surface area contributed by atoms with E-state index in [1.807, 2.05) is 0 Å². The van der Waals surface area contributed by atoms with Gasteiger partial charge in [-0.25, -0.2) is 4.39 Å². The number of nitro groups is 1. The van der Waals surface area contributed by atoms with E-state index in [1.54, 1.807) is 0 Å². The maximum Gasteiger partial charge on any atom is 0.276 e. The van der Waals surface area contributed by atoms with Gasteiger partial charge in [0, 0.05) is 12.6 Å². The van der Waals surface area contributed by atoms with E-state index in [0.717, 1.165) is 29.2 Å². The summed E-state index contributed by atoms with van der Waals surface area (Å²) in [5.41, 5.74) is -1.00. The molecule has 1 heterocycles. The number of halogens is 1. The molecule has 1 aromatic carbocycles. The van der Waals surface area contributed by atoms with Gasteiger partial charge in [-0.2, -0.15) is 0 Å². The van der Waals surface area contributed by atoms with Gasteiger partial charge in [0.15, 0.2) is 5.11 Å². The number of nitrogens with zero attached hydrogens (tertiary/aromatic N) is 2. The minimum atomic E-state index is -0.807. The average molecular weight is 335 g/mol. The molecule has 2 rings (SSSR count). The first-order valence-electron chi connectivity index (χ1n) is 6.29. The van der Waals surface area contributed by atoms with Gasteiger partial charge in [0.1, 0.15) is 11.4 Å². The fourth-order valence-electron chi connectivity index (χ4n) is 1.95. The van der Waals surface area contributed by atoms with Gasteiger partial charge >= 0.3 is 0 Å².